The molecule has 0 aromatic carbocycles. The molecular weight excluding hydrogens is 408 g/mol. The molecule has 3 saturated carbocycles. The van der Waals surface area contributed by atoms with Gasteiger partial charge in [-0.2, -0.15) is 0 Å². The van der Waals surface area contributed by atoms with Gasteiger partial charge in [-0.05, 0) is 93.5 Å². The van der Waals surface area contributed by atoms with Crippen LogP contribution in [0.1, 0.15) is 120 Å². The molecule has 0 radical (unpaired) electrons. The van der Waals surface area contributed by atoms with Crippen molar-refractivity contribution in [2.75, 3.05) is 0 Å². The average molecular weight is 463 g/mol. The lowest BCUT2D eigenvalue weighted by atomic mass is 9.75. The van der Waals surface area contributed by atoms with Gasteiger partial charge in [-0.3, -0.25) is 9.59 Å². The Morgan fingerprint density at radius 3 is 1.82 bits per heavy atom. The number of ketones is 2. The third-order valence-electron chi connectivity index (χ3n) is 8.09. The molecule has 1 N–H and O–H groups in total. The van der Waals surface area contributed by atoms with Crippen LogP contribution in [0.2, 0.25) is 0 Å². The summed E-state index contributed by atoms with van der Waals surface area (Å²) in [7, 11) is 0. The molecule has 3 aliphatic carbocycles. The number of rotatable bonds is 2. The van der Waals surface area contributed by atoms with Crippen LogP contribution in [-0.4, -0.2) is 22.8 Å². The maximum Gasteiger partial charge on any atom is 0.159 e. The van der Waals surface area contributed by atoms with Crippen molar-refractivity contribution in [3.63, 3.8) is 0 Å². The van der Waals surface area contributed by atoms with Crippen LogP contribution in [0.5, 0.6) is 0 Å². The third-order valence-corrected chi connectivity index (χ3v) is 8.09. The second kappa shape index (κ2) is 14.4. The van der Waals surface area contributed by atoms with Gasteiger partial charge in [0.25, 0.3) is 0 Å². The lowest BCUT2D eigenvalue weighted by Crippen LogP contribution is -2.31. The Hall–Kier alpha value is -0.960. The minimum Gasteiger partial charge on any atom is -0.393 e. The SMILES string of the molecule is CC(C)=C1CC[C@H](C)CC1=O.CC(C)[C@@H]1CC[C@@H](C)CC1=O.CC(C)[C@@H]1CC[C@@H](C)C[C@H]1O. The molecule has 3 rings (SSSR count). The Bertz CT molecular complexity index is 641. The van der Waals surface area contributed by atoms with Crippen LogP contribution >= 0.6 is 0 Å². The number of carbonyl (C=O) groups is 2. The van der Waals surface area contributed by atoms with Gasteiger partial charge in [0.15, 0.2) is 5.78 Å². The van der Waals surface area contributed by atoms with E-state index in [1.165, 1.54) is 31.3 Å². The Morgan fingerprint density at radius 1 is 0.788 bits per heavy atom. The number of hydrogen-bond acceptors (Lipinski definition) is 3. The van der Waals surface area contributed by atoms with E-state index in [1.54, 1.807) is 0 Å². The van der Waals surface area contributed by atoms with Gasteiger partial charge < -0.3 is 5.11 Å². The molecular formula is C30H54O3. The van der Waals surface area contributed by atoms with Gasteiger partial charge >= 0.3 is 0 Å². The molecule has 3 heteroatoms. The van der Waals surface area contributed by atoms with Crippen molar-refractivity contribution in [3.8, 4) is 0 Å². The van der Waals surface area contributed by atoms with E-state index >= 15 is 0 Å². The third kappa shape index (κ3) is 10.5. The van der Waals surface area contributed by atoms with Gasteiger partial charge in [0.1, 0.15) is 5.78 Å². The molecule has 0 spiro atoms. The number of carbonyl (C=O) groups excluding carboxylic acids is 2. The second-order valence-corrected chi connectivity index (χ2v) is 12.3. The molecule has 192 valence electrons. The first-order valence-electron chi connectivity index (χ1n) is 13.7. The summed E-state index contributed by atoms with van der Waals surface area (Å²) in [5.41, 5.74) is 2.30. The lowest BCUT2D eigenvalue weighted by molar-refractivity contribution is -0.127. The summed E-state index contributed by atoms with van der Waals surface area (Å²) in [4.78, 5) is 22.8. The molecule has 3 aliphatic rings. The molecule has 33 heavy (non-hydrogen) atoms. The zero-order chi connectivity index (χ0) is 25.3. The van der Waals surface area contributed by atoms with Crippen LogP contribution in [0.25, 0.3) is 0 Å². The Morgan fingerprint density at radius 2 is 1.36 bits per heavy atom. The zero-order valence-corrected chi connectivity index (χ0v) is 23.2. The van der Waals surface area contributed by atoms with E-state index < -0.39 is 0 Å². The van der Waals surface area contributed by atoms with E-state index in [9.17, 15) is 14.7 Å². The highest BCUT2D eigenvalue weighted by Crippen LogP contribution is 2.33. The quantitative estimate of drug-likeness (QED) is 0.426. The number of hydrogen-bond donors (Lipinski definition) is 1. The summed E-state index contributed by atoms with van der Waals surface area (Å²) in [5.74, 6) is 4.98. The van der Waals surface area contributed by atoms with E-state index in [2.05, 4.69) is 48.5 Å². The number of aliphatic hydroxyl groups is 1. The average Bonchev–Trinajstić information content (AvgIpc) is 2.68. The smallest absolute Gasteiger partial charge is 0.159 e. The van der Waals surface area contributed by atoms with Crippen molar-refractivity contribution < 1.29 is 14.7 Å². The minimum absolute atomic E-state index is 0.0289. The van der Waals surface area contributed by atoms with Crippen molar-refractivity contribution >= 4 is 11.6 Å². The second-order valence-electron chi connectivity index (χ2n) is 12.3. The molecule has 0 aliphatic heterocycles. The molecule has 0 aromatic rings. The molecule has 0 aromatic heterocycles. The van der Waals surface area contributed by atoms with Crippen LogP contribution in [0.15, 0.2) is 11.1 Å². The molecule has 0 heterocycles. The maximum atomic E-state index is 11.4. The topological polar surface area (TPSA) is 54.4 Å². The highest BCUT2D eigenvalue weighted by molar-refractivity contribution is 5.96. The fourth-order valence-electron chi connectivity index (χ4n) is 5.68. The molecule has 0 saturated heterocycles. The van der Waals surface area contributed by atoms with E-state index in [0.29, 0.717) is 47.1 Å². The van der Waals surface area contributed by atoms with Gasteiger partial charge in [0, 0.05) is 18.8 Å². The van der Waals surface area contributed by atoms with Gasteiger partial charge in [0.05, 0.1) is 6.10 Å². The zero-order valence-electron chi connectivity index (χ0n) is 23.2. The Balaban J connectivity index is 0.000000247. The monoisotopic (exact) mass is 462 g/mol. The molecule has 0 unspecified atom stereocenters. The molecule has 6 atom stereocenters. The summed E-state index contributed by atoms with van der Waals surface area (Å²) in [6.45, 7) is 19.4. The van der Waals surface area contributed by atoms with Crippen LogP contribution in [0.4, 0.5) is 0 Å². The fraction of sp³-hybridized carbons (Fsp3) is 0.867. The van der Waals surface area contributed by atoms with Crippen LogP contribution in [0, 0.1) is 41.4 Å². The van der Waals surface area contributed by atoms with E-state index in [1.807, 2.05) is 13.8 Å². The summed E-state index contributed by atoms with van der Waals surface area (Å²) in [6, 6.07) is 0. The van der Waals surface area contributed by atoms with Crippen LogP contribution in [0.3, 0.4) is 0 Å². The lowest BCUT2D eigenvalue weighted by Gasteiger charge is -2.33. The maximum absolute atomic E-state index is 11.4. The summed E-state index contributed by atoms with van der Waals surface area (Å²) in [6.07, 6.45) is 9.66. The van der Waals surface area contributed by atoms with E-state index in [0.717, 1.165) is 43.6 Å². The van der Waals surface area contributed by atoms with Crippen molar-refractivity contribution in [1.82, 2.24) is 0 Å². The highest BCUT2D eigenvalue weighted by Gasteiger charge is 2.29. The first-order valence-corrected chi connectivity index (χ1v) is 13.7. The highest BCUT2D eigenvalue weighted by atomic mass is 16.3. The first-order chi connectivity index (χ1) is 15.3. The standard InChI is InChI=1S/C10H20O.C10H18O.C10H16O/c3*1-7(2)9-5-4-8(3)6-10(9)11/h7-11H,4-6H2,1-3H3;7-9H,4-6H2,1-3H3;8H,4-6H2,1-3H3/t8-,9+,10-;8-,9+;8-/m110/s1. The predicted molar refractivity (Wildman–Crippen MR) is 140 cm³/mol. The summed E-state index contributed by atoms with van der Waals surface area (Å²) in [5, 5.41) is 9.71. The van der Waals surface area contributed by atoms with Crippen molar-refractivity contribution in [2.24, 2.45) is 41.4 Å². The van der Waals surface area contributed by atoms with E-state index in [-0.39, 0.29) is 6.10 Å². The Labute approximate surface area is 205 Å². The summed E-state index contributed by atoms with van der Waals surface area (Å²) < 4.78 is 0. The minimum atomic E-state index is -0.0289. The molecule has 3 fully saturated rings. The molecule has 0 bridgehead atoms. The van der Waals surface area contributed by atoms with Gasteiger partial charge in [0.2, 0.25) is 0 Å². The molecule has 0 amide bonds. The van der Waals surface area contributed by atoms with Crippen molar-refractivity contribution in [3.05, 3.63) is 11.1 Å². The largest absolute Gasteiger partial charge is 0.393 e. The van der Waals surface area contributed by atoms with Crippen molar-refractivity contribution in [2.45, 2.75) is 126 Å². The normalized spacial score (nSPS) is 32.7. The fourth-order valence-corrected chi connectivity index (χ4v) is 5.68. The number of allylic oxidation sites excluding steroid dienone is 2. The van der Waals surface area contributed by atoms with Gasteiger partial charge in [-0.1, -0.05) is 60.5 Å². The summed E-state index contributed by atoms with van der Waals surface area (Å²) >= 11 is 0. The predicted octanol–water partition coefficient (Wildman–Crippen LogP) is 7.80. The first kappa shape index (κ1) is 30.1. The number of Topliss-reactive ketones (excluding diaryl/α,β-unsaturated/α-hetero) is 2. The van der Waals surface area contributed by atoms with E-state index in [4.69, 9.17) is 0 Å². The van der Waals surface area contributed by atoms with Crippen LogP contribution in [-0.2, 0) is 9.59 Å². The van der Waals surface area contributed by atoms with Crippen LogP contribution < -0.4 is 0 Å². The van der Waals surface area contributed by atoms with Gasteiger partial charge in [-0.15, -0.1) is 0 Å². The number of aliphatic hydroxyl groups excluding tert-OH is 1. The Kier molecular flexibility index (Phi) is 13.2. The van der Waals surface area contributed by atoms with Gasteiger partial charge in [-0.25, -0.2) is 0 Å². The molecule has 3 nitrogen and oxygen atoms in total. The van der Waals surface area contributed by atoms with Crippen molar-refractivity contribution in [1.29, 1.82) is 0 Å².